The summed E-state index contributed by atoms with van der Waals surface area (Å²) in [6.07, 6.45) is 10.4. The van der Waals surface area contributed by atoms with Crippen LogP contribution < -0.4 is 11.1 Å². The van der Waals surface area contributed by atoms with Crippen LogP contribution in [0.25, 0.3) is 0 Å². The van der Waals surface area contributed by atoms with Crippen LogP contribution in [0.4, 0.5) is 0 Å². The minimum atomic E-state index is -0.0293. The molecule has 3 heterocycles. The maximum atomic E-state index is 11.9. The topological polar surface area (TPSA) is 78.6 Å². The number of nitrogens with zero attached hydrogens (tertiary/aromatic N) is 1. The van der Waals surface area contributed by atoms with E-state index in [0.29, 0.717) is 12.2 Å². The Morgan fingerprint density at radius 2 is 2.19 bits per heavy atom. The lowest BCUT2D eigenvalue weighted by atomic mass is 10.0. The molecule has 3 aliphatic rings. The molecule has 0 aromatic heterocycles. The molecule has 0 aromatic carbocycles. The average Bonchev–Trinajstić information content (AvgIpc) is 2.46. The van der Waals surface area contributed by atoms with Crippen LogP contribution in [0.1, 0.15) is 39.0 Å². The Kier molecular flexibility index (Phi) is 5.44. The second-order valence-electron chi connectivity index (χ2n) is 5.72. The first-order chi connectivity index (χ1) is 10.1. The highest BCUT2D eigenvalue weighted by Gasteiger charge is 2.18. The van der Waals surface area contributed by atoms with Crippen molar-refractivity contribution in [2.75, 3.05) is 13.1 Å². The van der Waals surface area contributed by atoms with Gasteiger partial charge in [0, 0.05) is 24.4 Å². The second-order valence-corrected chi connectivity index (χ2v) is 5.72. The van der Waals surface area contributed by atoms with Crippen LogP contribution in [0, 0.1) is 0 Å². The number of aliphatic hydroxyl groups excluding tert-OH is 1. The summed E-state index contributed by atoms with van der Waals surface area (Å²) in [7, 11) is 0. The Morgan fingerprint density at radius 3 is 3.00 bits per heavy atom. The van der Waals surface area contributed by atoms with Crippen LogP contribution in [0.3, 0.4) is 0 Å². The number of nitrogens with one attached hydrogen (secondary N) is 1. The van der Waals surface area contributed by atoms with Gasteiger partial charge in [0.15, 0.2) is 0 Å². The standard InChI is InChI=1S/C16H25N3O2/c1-12-16(21)13-5-4-7-14(17)6-2-3-9-18-15(20)11-19(12)10-8-13/h5,8,10,14,21H,2-4,6-7,9,11,17H2,1H3,(H,18,20)/b13-5+. The van der Waals surface area contributed by atoms with Crippen LogP contribution in [-0.4, -0.2) is 35.0 Å². The molecule has 0 aromatic rings. The fraction of sp³-hybridized carbons (Fsp3) is 0.562. The fourth-order valence-corrected chi connectivity index (χ4v) is 2.61. The molecule has 0 spiro atoms. The molecule has 3 aliphatic heterocycles. The molecule has 0 fully saturated rings. The van der Waals surface area contributed by atoms with Gasteiger partial charge >= 0.3 is 0 Å². The van der Waals surface area contributed by atoms with Gasteiger partial charge in [0.2, 0.25) is 5.91 Å². The van der Waals surface area contributed by atoms with Crippen LogP contribution in [0.2, 0.25) is 0 Å². The molecule has 2 bridgehead atoms. The third-order valence-electron chi connectivity index (χ3n) is 4.02. The van der Waals surface area contributed by atoms with E-state index in [4.69, 9.17) is 5.73 Å². The Hall–Kier alpha value is -1.75. The molecule has 0 radical (unpaired) electrons. The molecule has 0 saturated carbocycles. The molecular formula is C16H25N3O2. The zero-order valence-electron chi connectivity index (χ0n) is 12.6. The van der Waals surface area contributed by atoms with Crippen molar-refractivity contribution in [2.24, 2.45) is 5.73 Å². The number of aliphatic hydroxyl groups is 1. The van der Waals surface area contributed by atoms with Gasteiger partial charge in [-0.3, -0.25) is 4.79 Å². The van der Waals surface area contributed by atoms with E-state index in [-0.39, 0.29) is 24.3 Å². The van der Waals surface area contributed by atoms with Gasteiger partial charge in [-0.2, -0.15) is 0 Å². The molecule has 3 rings (SSSR count). The molecule has 1 atom stereocenters. The van der Waals surface area contributed by atoms with E-state index in [1.807, 2.05) is 25.3 Å². The number of allylic oxidation sites excluding steroid dienone is 3. The first-order valence-electron chi connectivity index (χ1n) is 7.65. The van der Waals surface area contributed by atoms with Gasteiger partial charge < -0.3 is 21.1 Å². The van der Waals surface area contributed by atoms with Crippen LogP contribution in [0.15, 0.2) is 35.4 Å². The third-order valence-corrected chi connectivity index (χ3v) is 4.02. The van der Waals surface area contributed by atoms with Crippen molar-refractivity contribution in [3.05, 3.63) is 35.4 Å². The Balaban J connectivity index is 2.14. The number of carbonyl (C=O) groups excluding carboxylic acids is 1. The highest BCUT2D eigenvalue weighted by atomic mass is 16.3. The first kappa shape index (κ1) is 15.6. The van der Waals surface area contributed by atoms with Gasteiger partial charge in [-0.25, -0.2) is 0 Å². The Bertz CT molecular complexity index is 480. The summed E-state index contributed by atoms with van der Waals surface area (Å²) < 4.78 is 0. The van der Waals surface area contributed by atoms with Gasteiger partial charge in [-0.05, 0) is 38.7 Å². The van der Waals surface area contributed by atoms with Crippen LogP contribution in [-0.2, 0) is 4.79 Å². The van der Waals surface area contributed by atoms with E-state index in [2.05, 4.69) is 5.32 Å². The summed E-state index contributed by atoms with van der Waals surface area (Å²) in [6, 6.07) is 0.180. The lowest BCUT2D eigenvalue weighted by Gasteiger charge is -2.25. The van der Waals surface area contributed by atoms with Gasteiger partial charge in [-0.15, -0.1) is 0 Å². The largest absolute Gasteiger partial charge is 0.506 e. The predicted molar refractivity (Wildman–Crippen MR) is 83.3 cm³/mol. The van der Waals surface area contributed by atoms with Crippen molar-refractivity contribution in [1.29, 1.82) is 0 Å². The van der Waals surface area contributed by atoms with E-state index in [1.165, 1.54) is 0 Å². The van der Waals surface area contributed by atoms with E-state index in [0.717, 1.165) is 37.7 Å². The number of hydrogen-bond acceptors (Lipinski definition) is 4. The SMILES string of the molecule is CC1=C(O)/C2=C/CCC(N)CCCCNC(=O)CN1C=C2. The van der Waals surface area contributed by atoms with Crippen molar-refractivity contribution in [3.63, 3.8) is 0 Å². The normalized spacial score (nSPS) is 27.7. The summed E-state index contributed by atoms with van der Waals surface area (Å²) in [4.78, 5) is 13.7. The Labute approximate surface area is 126 Å². The quantitative estimate of drug-likeness (QED) is 0.637. The molecule has 0 saturated heterocycles. The van der Waals surface area contributed by atoms with E-state index in [1.54, 1.807) is 4.90 Å². The maximum Gasteiger partial charge on any atom is 0.239 e. The summed E-state index contributed by atoms with van der Waals surface area (Å²) in [5.74, 6) is 0.215. The number of fused-ring (bicyclic) bond motifs is 10. The maximum absolute atomic E-state index is 11.9. The highest BCUT2D eigenvalue weighted by Crippen LogP contribution is 2.23. The molecule has 5 nitrogen and oxygen atoms in total. The molecule has 1 amide bonds. The number of nitrogens with two attached hydrogens (primary N) is 1. The van der Waals surface area contributed by atoms with Crippen molar-refractivity contribution >= 4 is 5.91 Å². The van der Waals surface area contributed by atoms with Crippen molar-refractivity contribution in [1.82, 2.24) is 10.2 Å². The fourth-order valence-electron chi connectivity index (χ4n) is 2.61. The minimum absolute atomic E-state index is 0.0293. The smallest absolute Gasteiger partial charge is 0.239 e. The van der Waals surface area contributed by atoms with Gasteiger partial charge in [0.05, 0.1) is 5.70 Å². The highest BCUT2D eigenvalue weighted by molar-refractivity contribution is 5.78. The molecular weight excluding hydrogens is 266 g/mol. The molecule has 21 heavy (non-hydrogen) atoms. The van der Waals surface area contributed by atoms with Crippen molar-refractivity contribution in [3.8, 4) is 0 Å². The molecule has 1 unspecified atom stereocenters. The first-order valence-corrected chi connectivity index (χ1v) is 7.65. The van der Waals surface area contributed by atoms with Crippen LogP contribution in [0.5, 0.6) is 0 Å². The zero-order valence-corrected chi connectivity index (χ0v) is 12.6. The van der Waals surface area contributed by atoms with Crippen LogP contribution >= 0.6 is 0 Å². The van der Waals surface area contributed by atoms with Gasteiger partial charge in [-0.1, -0.05) is 12.5 Å². The molecule has 5 heteroatoms. The third kappa shape index (κ3) is 4.36. The average molecular weight is 291 g/mol. The Morgan fingerprint density at radius 1 is 1.38 bits per heavy atom. The van der Waals surface area contributed by atoms with Crippen molar-refractivity contribution in [2.45, 2.75) is 45.1 Å². The molecule has 0 aliphatic carbocycles. The van der Waals surface area contributed by atoms with E-state index in [9.17, 15) is 9.90 Å². The van der Waals surface area contributed by atoms with E-state index < -0.39 is 0 Å². The molecule has 4 N–H and O–H groups in total. The summed E-state index contributed by atoms with van der Waals surface area (Å²) in [6.45, 7) is 2.74. The van der Waals surface area contributed by atoms with Crippen molar-refractivity contribution < 1.29 is 9.90 Å². The molecule has 116 valence electrons. The number of carbonyl (C=O) groups is 1. The lowest BCUT2D eigenvalue weighted by Crippen LogP contribution is -2.35. The number of rotatable bonds is 0. The number of hydrogen-bond donors (Lipinski definition) is 3. The zero-order chi connectivity index (χ0) is 15.2. The summed E-state index contributed by atoms with van der Waals surface area (Å²) in [5, 5.41) is 13.2. The van der Waals surface area contributed by atoms with E-state index >= 15 is 0 Å². The predicted octanol–water partition coefficient (Wildman–Crippen LogP) is 1.94. The summed E-state index contributed by atoms with van der Waals surface area (Å²) >= 11 is 0. The van der Waals surface area contributed by atoms with Gasteiger partial charge in [0.25, 0.3) is 0 Å². The summed E-state index contributed by atoms with van der Waals surface area (Å²) in [5.41, 5.74) is 7.60. The monoisotopic (exact) mass is 291 g/mol. The second kappa shape index (κ2) is 7.31. The lowest BCUT2D eigenvalue weighted by molar-refractivity contribution is -0.121. The number of amides is 1. The van der Waals surface area contributed by atoms with Gasteiger partial charge in [0.1, 0.15) is 12.3 Å². The minimum Gasteiger partial charge on any atom is -0.506 e.